The molecule has 1 aliphatic heterocycles. The summed E-state index contributed by atoms with van der Waals surface area (Å²) in [5.41, 5.74) is 1.49. The molecule has 1 saturated carbocycles. The minimum atomic E-state index is -0.390. The fourth-order valence-corrected chi connectivity index (χ4v) is 5.67. The second-order valence-corrected chi connectivity index (χ2v) is 10.1. The number of halogens is 1. The van der Waals surface area contributed by atoms with E-state index in [-0.39, 0.29) is 41.8 Å². The number of Topliss-reactive ketones (excluding diaryl/α,β-unsaturated/α-hetero) is 1. The maximum absolute atomic E-state index is 14.9. The van der Waals surface area contributed by atoms with Gasteiger partial charge in [0.1, 0.15) is 0 Å². The number of ketones is 1. The number of thiophene rings is 1. The van der Waals surface area contributed by atoms with Crippen molar-refractivity contribution in [1.29, 1.82) is 0 Å². The first-order valence-corrected chi connectivity index (χ1v) is 12.8. The van der Waals surface area contributed by atoms with Crippen molar-refractivity contribution in [2.24, 2.45) is 11.8 Å². The molecule has 0 saturated heterocycles. The fourth-order valence-electron chi connectivity index (χ4n) is 4.59. The summed E-state index contributed by atoms with van der Waals surface area (Å²) in [5.74, 6) is 0.146. The van der Waals surface area contributed by atoms with Crippen molar-refractivity contribution in [2.75, 3.05) is 34.5 Å². The molecule has 2 aliphatic rings. The number of esters is 1. The van der Waals surface area contributed by atoms with E-state index in [4.69, 9.17) is 23.7 Å². The quantitative estimate of drug-likeness (QED) is 0.221. The zero-order chi connectivity index (χ0) is 26.1. The second kappa shape index (κ2) is 10.5. The van der Waals surface area contributed by atoms with E-state index in [0.717, 1.165) is 15.6 Å². The van der Waals surface area contributed by atoms with E-state index in [0.29, 0.717) is 60.2 Å². The van der Waals surface area contributed by atoms with Crippen molar-refractivity contribution in [2.45, 2.75) is 25.9 Å². The van der Waals surface area contributed by atoms with Crippen molar-refractivity contribution in [3.05, 3.63) is 46.1 Å². The number of carbonyl (C=O) groups is 2. The third-order valence-corrected chi connectivity index (χ3v) is 7.80. The molecular weight excluding hydrogens is 501 g/mol. The molecule has 0 bridgehead atoms. The number of fused-ring (bicyclic) bond motifs is 2. The van der Waals surface area contributed by atoms with E-state index in [1.54, 1.807) is 7.11 Å². The molecule has 0 amide bonds. The smallest absolute Gasteiger partial charge is 0.309 e. The Kier molecular flexibility index (Phi) is 7.21. The molecule has 2 unspecified atom stereocenters. The normalized spacial score (nSPS) is 17.8. The third-order valence-electron chi connectivity index (χ3n) is 6.69. The van der Waals surface area contributed by atoms with Gasteiger partial charge in [0.2, 0.25) is 0 Å². The maximum atomic E-state index is 14.9. The zero-order valence-corrected chi connectivity index (χ0v) is 21.7. The van der Waals surface area contributed by atoms with Gasteiger partial charge in [-0.15, -0.1) is 11.3 Å². The molecule has 2 aromatic carbocycles. The van der Waals surface area contributed by atoms with Crippen LogP contribution in [0.3, 0.4) is 0 Å². The summed E-state index contributed by atoms with van der Waals surface area (Å²) >= 11 is 1.37. The Morgan fingerprint density at radius 3 is 2.51 bits per heavy atom. The number of hydrogen-bond acceptors (Lipinski definition) is 9. The maximum Gasteiger partial charge on any atom is 0.309 e. The molecule has 196 valence electrons. The molecule has 8 nitrogen and oxygen atoms in total. The van der Waals surface area contributed by atoms with Crippen LogP contribution in [0.4, 0.5) is 4.39 Å². The van der Waals surface area contributed by atoms with E-state index < -0.39 is 0 Å². The van der Waals surface area contributed by atoms with Crippen molar-refractivity contribution in [3.8, 4) is 23.0 Å². The molecule has 1 N–H and O–H groups in total. The summed E-state index contributed by atoms with van der Waals surface area (Å²) < 4.78 is 43.0. The molecule has 5 rings (SSSR count). The topological polar surface area (TPSA) is 92.3 Å². The van der Waals surface area contributed by atoms with Crippen molar-refractivity contribution >= 4 is 33.2 Å². The van der Waals surface area contributed by atoms with Crippen molar-refractivity contribution in [3.63, 3.8) is 0 Å². The first-order valence-electron chi connectivity index (χ1n) is 12.0. The van der Waals surface area contributed by atoms with E-state index in [2.05, 4.69) is 5.32 Å². The lowest BCUT2D eigenvalue weighted by atomic mass is 10.1. The summed E-state index contributed by atoms with van der Waals surface area (Å²) in [5, 5.41) is 3.99. The van der Waals surface area contributed by atoms with Crippen molar-refractivity contribution in [1.82, 2.24) is 5.32 Å². The summed E-state index contributed by atoms with van der Waals surface area (Å²) in [4.78, 5) is 25.1. The van der Waals surface area contributed by atoms with Gasteiger partial charge in [-0.3, -0.25) is 9.59 Å². The van der Waals surface area contributed by atoms with Crippen LogP contribution in [0.2, 0.25) is 0 Å². The molecule has 0 radical (unpaired) electrons. The van der Waals surface area contributed by atoms with Gasteiger partial charge in [-0.2, -0.15) is 0 Å². The van der Waals surface area contributed by atoms with Crippen LogP contribution in [0.1, 0.15) is 33.6 Å². The van der Waals surface area contributed by atoms with Crippen LogP contribution in [0.15, 0.2) is 24.3 Å². The summed E-state index contributed by atoms with van der Waals surface area (Å²) in [6.45, 7) is 1.63. The minimum Gasteiger partial charge on any atom is -0.493 e. The Morgan fingerprint density at radius 1 is 0.973 bits per heavy atom. The highest BCUT2D eigenvalue weighted by Crippen LogP contribution is 2.44. The van der Waals surface area contributed by atoms with Gasteiger partial charge >= 0.3 is 5.97 Å². The van der Waals surface area contributed by atoms with Crippen LogP contribution in [0.5, 0.6) is 23.0 Å². The summed E-state index contributed by atoms with van der Waals surface area (Å²) in [7, 11) is 4.38. The van der Waals surface area contributed by atoms with E-state index >= 15 is 0 Å². The fraction of sp³-hybridized carbons (Fsp3) is 0.407. The monoisotopic (exact) mass is 529 g/mol. The molecule has 1 aromatic heterocycles. The Balaban J connectivity index is 1.21. The van der Waals surface area contributed by atoms with Gasteiger partial charge in [-0.1, -0.05) is 0 Å². The summed E-state index contributed by atoms with van der Waals surface area (Å²) in [6, 6.07) is 7.31. The number of carbonyl (C=O) groups excluding carboxylic acids is 2. The Bertz CT molecular complexity index is 1350. The predicted molar refractivity (Wildman–Crippen MR) is 135 cm³/mol. The van der Waals surface area contributed by atoms with Gasteiger partial charge in [0.15, 0.2) is 34.6 Å². The minimum absolute atomic E-state index is 0.0415. The van der Waals surface area contributed by atoms with Gasteiger partial charge in [-0.05, 0) is 35.6 Å². The molecule has 2 atom stereocenters. The Morgan fingerprint density at radius 2 is 1.76 bits per heavy atom. The molecule has 0 spiro atoms. The third kappa shape index (κ3) is 4.95. The molecule has 37 heavy (non-hydrogen) atoms. The first kappa shape index (κ1) is 25.3. The molecule has 3 aromatic rings. The SMILES string of the molecule is COC(=O)C1CC1C(=O)c1cc2cc(OCCCOc3c(OC)cc4c(c3F)CNC4)c(OC)cc2s1. The van der Waals surface area contributed by atoms with Gasteiger partial charge in [0.05, 0.1) is 45.3 Å². The Labute approximate surface area is 217 Å². The van der Waals surface area contributed by atoms with Crippen molar-refractivity contribution < 1.29 is 37.7 Å². The highest BCUT2D eigenvalue weighted by molar-refractivity contribution is 7.20. The number of methoxy groups -OCH3 is 3. The number of ether oxygens (including phenoxy) is 5. The van der Waals surface area contributed by atoms with Gasteiger partial charge < -0.3 is 29.0 Å². The van der Waals surface area contributed by atoms with Gasteiger partial charge in [-0.25, -0.2) is 4.39 Å². The molecule has 2 heterocycles. The van der Waals surface area contributed by atoms with Crippen LogP contribution in [-0.4, -0.2) is 46.3 Å². The number of benzene rings is 2. The molecule has 10 heteroatoms. The number of rotatable bonds is 11. The largest absolute Gasteiger partial charge is 0.493 e. The molecule has 1 fully saturated rings. The molecule has 1 aliphatic carbocycles. The average Bonchev–Trinajstić information content (AvgIpc) is 3.37. The van der Waals surface area contributed by atoms with E-state index in [1.807, 2.05) is 24.3 Å². The Hall–Kier alpha value is -3.37. The number of hydrogen-bond donors (Lipinski definition) is 1. The highest BCUT2D eigenvalue weighted by atomic mass is 32.1. The average molecular weight is 530 g/mol. The lowest BCUT2D eigenvalue weighted by Gasteiger charge is -2.15. The summed E-state index contributed by atoms with van der Waals surface area (Å²) in [6.07, 6.45) is 1.03. The predicted octanol–water partition coefficient (Wildman–Crippen LogP) is 4.50. The second-order valence-electron chi connectivity index (χ2n) is 9.00. The molecular formula is C27H28FNO7S. The van der Waals surface area contributed by atoms with Crippen LogP contribution in [-0.2, 0) is 22.6 Å². The van der Waals surface area contributed by atoms with E-state index in [1.165, 1.54) is 25.6 Å². The first-order chi connectivity index (χ1) is 17.9. The van der Waals surface area contributed by atoms with Crippen LogP contribution >= 0.6 is 11.3 Å². The lowest BCUT2D eigenvalue weighted by molar-refractivity contribution is -0.142. The standard InChI is InChI=1S/C27H28FNO7S/c1-32-19-11-22-14(9-23(37-22)25(30)16-10-17(16)27(31)34-3)7-20(19)35-5-4-6-36-26-21(33-2)8-15-12-29-13-18(15)24(26)28/h7-9,11,16-17,29H,4-6,10,12-13H2,1-3H3. The van der Waals surface area contributed by atoms with Crippen LogP contribution in [0.25, 0.3) is 10.1 Å². The number of nitrogens with one attached hydrogen (secondary N) is 1. The van der Waals surface area contributed by atoms with Gasteiger partial charge in [0, 0.05) is 41.8 Å². The lowest BCUT2D eigenvalue weighted by Crippen LogP contribution is -2.09. The highest BCUT2D eigenvalue weighted by Gasteiger charge is 2.49. The van der Waals surface area contributed by atoms with E-state index in [9.17, 15) is 14.0 Å². The zero-order valence-electron chi connectivity index (χ0n) is 20.9. The van der Waals surface area contributed by atoms with Gasteiger partial charge in [0.25, 0.3) is 0 Å². The van der Waals surface area contributed by atoms with Crippen LogP contribution in [0, 0.1) is 17.7 Å². The van der Waals surface area contributed by atoms with Crippen LogP contribution < -0.4 is 24.3 Å².